The summed E-state index contributed by atoms with van der Waals surface area (Å²) < 4.78 is 7.51. The number of amides is 2. The van der Waals surface area contributed by atoms with E-state index in [2.05, 4.69) is 26.7 Å². The number of benzene rings is 1. The van der Waals surface area contributed by atoms with Crippen LogP contribution in [-0.4, -0.2) is 54.0 Å². The summed E-state index contributed by atoms with van der Waals surface area (Å²) in [5, 5.41) is 10.1. The van der Waals surface area contributed by atoms with Gasteiger partial charge in [-0.25, -0.2) is 4.79 Å². The van der Waals surface area contributed by atoms with Gasteiger partial charge in [-0.2, -0.15) is 5.10 Å². The van der Waals surface area contributed by atoms with E-state index in [1.807, 2.05) is 50.1 Å². The standard InChI is InChI=1S/C18H25N5O2/c1-13(15-12-25-16-7-5-4-6-14(15)16)19-18(24)20-17-8-9-23(21-17)11-10-22(2)3/h4-9,13,15H,10-12H2,1-3H3,(H2,19,20,21,24). The van der Waals surface area contributed by atoms with Crippen molar-refractivity contribution in [2.24, 2.45) is 0 Å². The molecule has 7 heteroatoms. The molecule has 2 amide bonds. The Bertz CT molecular complexity index is 728. The Labute approximate surface area is 148 Å². The van der Waals surface area contributed by atoms with Crippen molar-refractivity contribution >= 4 is 11.8 Å². The molecule has 0 saturated heterocycles. The van der Waals surface area contributed by atoms with Crippen LogP contribution in [-0.2, 0) is 6.54 Å². The Balaban J connectivity index is 1.53. The average molecular weight is 343 g/mol. The number of carbonyl (C=O) groups is 1. The van der Waals surface area contributed by atoms with Gasteiger partial charge in [-0.15, -0.1) is 0 Å². The number of nitrogens with zero attached hydrogens (tertiary/aromatic N) is 3. The van der Waals surface area contributed by atoms with Crippen LogP contribution in [0.4, 0.5) is 10.6 Å². The lowest BCUT2D eigenvalue weighted by atomic mass is 9.94. The number of rotatable bonds is 6. The van der Waals surface area contributed by atoms with Crippen molar-refractivity contribution in [1.82, 2.24) is 20.0 Å². The number of likely N-dealkylation sites (N-methyl/N-ethyl adjacent to an activating group) is 1. The summed E-state index contributed by atoms with van der Waals surface area (Å²) in [6.45, 7) is 4.25. The second-order valence-corrected chi connectivity index (χ2v) is 6.61. The molecular weight excluding hydrogens is 318 g/mol. The van der Waals surface area contributed by atoms with Gasteiger partial charge in [-0.1, -0.05) is 18.2 Å². The zero-order chi connectivity index (χ0) is 17.8. The first-order valence-electron chi connectivity index (χ1n) is 8.50. The number of hydrogen-bond donors (Lipinski definition) is 2. The minimum absolute atomic E-state index is 0.0422. The maximum absolute atomic E-state index is 12.2. The highest BCUT2D eigenvalue weighted by molar-refractivity contribution is 5.88. The number of anilines is 1. The van der Waals surface area contributed by atoms with E-state index in [4.69, 9.17) is 4.74 Å². The van der Waals surface area contributed by atoms with Gasteiger partial charge in [0.05, 0.1) is 13.2 Å². The van der Waals surface area contributed by atoms with Crippen molar-refractivity contribution in [2.45, 2.75) is 25.4 Å². The first-order chi connectivity index (χ1) is 12.0. The molecular formula is C18H25N5O2. The molecule has 134 valence electrons. The van der Waals surface area contributed by atoms with E-state index < -0.39 is 0 Å². The zero-order valence-corrected chi connectivity index (χ0v) is 14.9. The number of ether oxygens (including phenoxy) is 1. The third kappa shape index (κ3) is 4.30. The molecule has 0 spiro atoms. The molecule has 25 heavy (non-hydrogen) atoms. The smallest absolute Gasteiger partial charge is 0.320 e. The molecule has 0 fully saturated rings. The van der Waals surface area contributed by atoms with Crippen molar-refractivity contribution < 1.29 is 9.53 Å². The Morgan fingerprint density at radius 3 is 3.00 bits per heavy atom. The zero-order valence-electron chi connectivity index (χ0n) is 14.9. The first-order valence-corrected chi connectivity index (χ1v) is 8.50. The minimum Gasteiger partial charge on any atom is -0.493 e. The van der Waals surface area contributed by atoms with E-state index in [1.54, 1.807) is 6.07 Å². The number of fused-ring (bicyclic) bond motifs is 1. The van der Waals surface area contributed by atoms with Gasteiger partial charge in [0.2, 0.25) is 0 Å². The Hall–Kier alpha value is -2.54. The highest BCUT2D eigenvalue weighted by atomic mass is 16.5. The molecule has 3 rings (SSSR count). The summed E-state index contributed by atoms with van der Waals surface area (Å²) in [4.78, 5) is 14.3. The molecule has 0 saturated carbocycles. The summed E-state index contributed by atoms with van der Waals surface area (Å²) in [6.07, 6.45) is 1.86. The normalized spacial score (nSPS) is 17.0. The number of aromatic nitrogens is 2. The molecule has 1 aliphatic heterocycles. The second kappa shape index (κ2) is 7.57. The van der Waals surface area contributed by atoms with Gasteiger partial charge in [0.1, 0.15) is 5.75 Å². The first kappa shape index (κ1) is 17.3. The average Bonchev–Trinajstić information content (AvgIpc) is 3.19. The van der Waals surface area contributed by atoms with Gasteiger partial charge in [0, 0.05) is 36.3 Å². The molecule has 0 bridgehead atoms. The lowest BCUT2D eigenvalue weighted by molar-refractivity contribution is 0.244. The molecule has 7 nitrogen and oxygen atoms in total. The van der Waals surface area contributed by atoms with Crippen LogP contribution in [0, 0.1) is 0 Å². The van der Waals surface area contributed by atoms with E-state index in [9.17, 15) is 4.79 Å². The molecule has 1 aliphatic rings. The van der Waals surface area contributed by atoms with E-state index >= 15 is 0 Å². The molecule has 2 aromatic rings. The lowest BCUT2D eigenvalue weighted by Gasteiger charge is -2.19. The molecule has 2 unspecified atom stereocenters. The molecule has 1 aromatic carbocycles. The number of nitrogens with one attached hydrogen (secondary N) is 2. The molecule has 1 aromatic heterocycles. The highest BCUT2D eigenvalue weighted by Gasteiger charge is 2.29. The van der Waals surface area contributed by atoms with Gasteiger partial charge in [0.25, 0.3) is 0 Å². The predicted octanol–water partition coefficient (Wildman–Crippen LogP) is 2.13. The van der Waals surface area contributed by atoms with Crippen LogP contribution in [0.25, 0.3) is 0 Å². The van der Waals surface area contributed by atoms with E-state index in [0.717, 1.165) is 24.4 Å². The SMILES string of the molecule is CC(NC(=O)Nc1ccn(CCN(C)C)n1)C1COc2ccccc21. The summed E-state index contributed by atoms with van der Waals surface area (Å²) in [6, 6.07) is 9.47. The fourth-order valence-corrected chi connectivity index (χ4v) is 2.92. The Morgan fingerprint density at radius 2 is 2.20 bits per heavy atom. The number of hydrogen-bond acceptors (Lipinski definition) is 4. The molecule has 0 aliphatic carbocycles. The third-order valence-corrected chi connectivity index (χ3v) is 4.36. The fourth-order valence-electron chi connectivity index (χ4n) is 2.92. The maximum Gasteiger partial charge on any atom is 0.320 e. The van der Waals surface area contributed by atoms with Crippen LogP contribution in [0.1, 0.15) is 18.4 Å². The molecule has 2 N–H and O–H groups in total. The van der Waals surface area contributed by atoms with E-state index in [1.165, 1.54) is 0 Å². The number of para-hydroxylation sites is 1. The van der Waals surface area contributed by atoms with Crippen LogP contribution >= 0.6 is 0 Å². The Morgan fingerprint density at radius 1 is 1.40 bits per heavy atom. The van der Waals surface area contributed by atoms with Crippen molar-refractivity contribution in [3.05, 3.63) is 42.1 Å². The quantitative estimate of drug-likeness (QED) is 0.843. The maximum atomic E-state index is 12.2. The van der Waals surface area contributed by atoms with Gasteiger partial charge in [-0.3, -0.25) is 10.00 Å². The largest absolute Gasteiger partial charge is 0.493 e. The van der Waals surface area contributed by atoms with Crippen LogP contribution < -0.4 is 15.4 Å². The Kier molecular flexibility index (Phi) is 5.23. The minimum atomic E-state index is -0.255. The molecule has 0 radical (unpaired) electrons. The lowest BCUT2D eigenvalue weighted by Crippen LogP contribution is -2.40. The van der Waals surface area contributed by atoms with E-state index in [-0.39, 0.29) is 18.0 Å². The van der Waals surface area contributed by atoms with Gasteiger partial charge in [0.15, 0.2) is 5.82 Å². The van der Waals surface area contributed by atoms with Crippen LogP contribution in [0.5, 0.6) is 5.75 Å². The van der Waals surface area contributed by atoms with Gasteiger partial charge < -0.3 is 15.0 Å². The summed E-state index contributed by atoms with van der Waals surface area (Å²) in [5.74, 6) is 1.60. The number of urea groups is 1. The topological polar surface area (TPSA) is 71.4 Å². The molecule has 2 atom stereocenters. The monoisotopic (exact) mass is 343 g/mol. The predicted molar refractivity (Wildman–Crippen MR) is 97.1 cm³/mol. The second-order valence-electron chi connectivity index (χ2n) is 6.61. The third-order valence-electron chi connectivity index (χ3n) is 4.36. The fraction of sp³-hybridized carbons (Fsp3) is 0.444. The van der Waals surface area contributed by atoms with Crippen molar-refractivity contribution in [3.8, 4) is 5.75 Å². The van der Waals surface area contributed by atoms with E-state index in [0.29, 0.717) is 12.4 Å². The van der Waals surface area contributed by atoms with Crippen LogP contribution in [0.2, 0.25) is 0 Å². The van der Waals surface area contributed by atoms with Crippen LogP contribution in [0.3, 0.4) is 0 Å². The molecule has 2 heterocycles. The van der Waals surface area contributed by atoms with Crippen LogP contribution in [0.15, 0.2) is 36.5 Å². The van der Waals surface area contributed by atoms with Crippen molar-refractivity contribution in [2.75, 3.05) is 32.6 Å². The van der Waals surface area contributed by atoms with Gasteiger partial charge in [-0.05, 0) is 27.1 Å². The highest BCUT2D eigenvalue weighted by Crippen LogP contribution is 2.35. The summed E-state index contributed by atoms with van der Waals surface area (Å²) in [5.41, 5.74) is 1.14. The van der Waals surface area contributed by atoms with Crippen molar-refractivity contribution in [3.63, 3.8) is 0 Å². The number of carbonyl (C=O) groups excluding carboxylic acids is 1. The summed E-state index contributed by atoms with van der Waals surface area (Å²) >= 11 is 0. The van der Waals surface area contributed by atoms with Gasteiger partial charge >= 0.3 is 6.03 Å². The van der Waals surface area contributed by atoms with Crippen molar-refractivity contribution in [1.29, 1.82) is 0 Å². The summed E-state index contributed by atoms with van der Waals surface area (Å²) in [7, 11) is 4.03.